The van der Waals surface area contributed by atoms with Gasteiger partial charge in [-0.3, -0.25) is 14.4 Å². The average molecular weight is 414 g/mol. The largest absolute Gasteiger partial charge is 0.481 e. The zero-order valence-corrected chi connectivity index (χ0v) is 16.7. The topological polar surface area (TPSA) is 95.5 Å². The van der Waals surface area contributed by atoms with E-state index in [1.165, 1.54) is 0 Å². The molecule has 3 rings (SSSR count). The molecule has 31 heavy (non-hydrogen) atoms. The first-order valence-electron chi connectivity index (χ1n) is 9.73. The van der Waals surface area contributed by atoms with Gasteiger partial charge in [-0.2, -0.15) is 0 Å². The van der Waals surface area contributed by atoms with Crippen molar-refractivity contribution >= 4 is 23.9 Å². The standard InChI is InChI=1S/C25H22N2O4/c28-23(29)17-21(19-12-6-2-7-13-19)26-25(31)22(16-18-10-4-1-5-11-18)27-24(30)20-14-8-3-9-15-20/h1-16,21H,17H2,(H,26,31)(H,27,30)(H,28,29)/b22-16+. The van der Waals surface area contributed by atoms with Crippen molar-refractivity contribution in [3.63, 3.8) is 0 Å². The van der Waals surface area contributed by atoms with Gasteiger partial charge >= 0.3 is 5.97 Å². The molecule has 0 bridgehead atoms. The van der Waals surface area contributed by atoms with E-state index in [2.05, 4.69) is 10.6 Å². The maximum Gasteiger partial charge on any atom is 0.305 e. The number of carboxylic acid groups (broad SMARTS) is 1. The maximum absolute atomic E-state index is 13.1. The smallest absolute Gasteiger partial charge is 0.305 e. The number of carbonyl (C=O) groups is 3. The Hall–Kier alpha value is -4.19. The van der Waals surface area contributed by atoms with Crippen LogP contribution in [0.4, 0.5) is 0 Å². The van der Waals surface area contributed by atoms with Crippen LogP contribution in [-0.2, 0) is 9.59 Å². The number of hydrogen-bond donors (Lipinski definition) is 3. The highest BCUT2D eigenvalue weighted by molar-refractivity contribution is 6.05. The van der Waals surface area contributed by atoms with Gasteiger partial charge in [0, 0.05) is 5.56 Å². The molecule has 2 amide bonds. The lowest BCUT2D eigenvalue weighted by Gasteiger charge is -2.19. The van der Waals surface area contributed by atoms with Crippen LogP contribution in [0.3, 0.4) is 0 Å². The molecule has 0 aliphatic rings. The fraction of sp³-hybridized carbons (Fsp3) is 0.0800. The second-order valence-corrected chi connectivity index (χ2v) is 6.82. The lowest BCUT2D eigenvalue weighted by Crippen LogP contribution is -2.37. The van der Waals surface area contributed by atoms with Gasteiger partial charge in [0.1, 0.15) is 5.70 Å². The van der Waals surface area contributed by atoms with E-state index in [4.69, 9.17) is 0 Å². The van der Waals surface area contributed by atoms with Gasteiger partial charge in [0.15, 0.2) is 0 Å². The number of carbonyl (C=O) groups excluding carboxylic acids is 2. The van der Waals surface area contributed by atoms with Crippen molar-refractivity contribution in [2.24, 2.45) is 0 Å². The molecule has 0 aliphatic carbocycles. The van der Waals surface area contributed by atoms with Crippen molar-refractivity contribution in [3.8, 4) is 0 Å². The van der Waals surface area contributed by atoms with Gasteiger partial charge in [-0.25, -0.2) is 0 Å². The molecule has 1 unspecified atom stereocenters. The van der Waals surface area contributed by atoms with Crippen LogP contribution in [0.2, 0.25) is 0 Å². The molecule has 0 heterocycles. The first-order chi connectivity index (χ1) is 15.0. The third-order valence-corrected chi connectivity index (χ3v) is 4.53. The minimum Gasteiger partial charge on any atom is -0.481 e. The minimum atomic E-state index is -1.05. The van der Waals surface area contributed by atoms with Crippen LogP contribution in [0.25, 0.3) is 6.08 Å². The Kier molecular flexibility index (Phi) is 7.32. The summed E-state index contributed by atoms with van der Waals surface area (Å²) >= 11 is 0. The van der Waals surface area contributed by atoms with Crippen LogP contribution in [0.15, 0.2) is 96.7 Å². The molecule has 156 valence electrons. The van der Waals surface area contributed by atoms with E-state index in [9.17, 15) is 19.5 Å². The van der Waals surface area contributed by atoms with Crippen LogP contribution in [0.5, 0.6) is 0 Å². The number of rotatable bonds is 8. The first kappa shape index (κ1) is 21.5. The molecule has 0 aliphatic heterocycles. The van der Waals surface area contributed by atoms with Gasteiger partial charge in [0.25, 0.3) is 11.8 Å². The van der Waals surface area contributed by atoms with Crippen molar-refractivity contribution in [3.05, 3.63) is 113 Å². The van der Waals surface area contributed by atoms with Gasteiger partial charge in [0.2, 0.25) is 0 Å². The summed E-state index contributed by atoms with van der Waals surface area (Å²) < 4.78 is 0. The van der Waals surface area contributed by atoms with Crippen LogP contribution in [0.1, 0.15) is 33.9 Å². The van der Waals surface area contributed by atoms with Gasteiger partial charge in [-0.05, 0) is 29.3 Å². The highest BCUT2D eigenvalue weighted by atomic mass is 16.4. The summed E-state index contributed by atoms with van der Waals surface area (Å²) in [6, 6.07) is 25.7. The molecular formula is C25H22N2O4. The molecule has 0 fully saturated rings. The molecule has 0 radical (unpaired) electrons. The van der Waals surface area contributed by atoms with Gasteiger partial charge in [-0.15, -0.1) is 0 Å². The van der Waals surface area contributed by atoms with E-state index in [0.29, 0.717) is 11.1 Å². The molecule has 0 saturated carbocycles. The molecule has 0 aromatic heterocycles. The maximum atomic E-state index is 13.1. The summed E-state index contributed by atoms with van der Waals surface area (Å²) in [4.78, 5) is 37.1. The molecule has 0 spiro atoms. The fourth-order valence-electron chi connectivity index (χ4n) is 3.01. The number of benzene rings is 3. The number of nitrogens with one attached hydrogen (secondary N) is 2. The number of aliphatic carboxylic acids is 1. The Bertz CT molecular complexity index is 1060. The molecule has 3 N–H and O–H groups in total. The van der Waals surface area contributed by atoms with Crippen LogP contribution in [0, 0.1) is 0 Å². The first-order valence-corrected chi connectivity index (χ1v) is 9.73. The highest BCUT2D eigenvalue weighted by Crippen LogP contribution is 2.18. The van der Waals surface area contributed by atoms with Gasteiger partial charge in [-0.1, -0.05) is 78.9 Å². The lowest BCUT2D eigenvalue weighted by atomic mass is 10.0. The van der Waals surface area contributed by atoms with E-state index in [1.807, 2.05) is 24.3 Å². The number of carboxylic acids is 1. The van der Waals surface area contributed by atoms with Crippen molar-refractivity contribution < 1.29 is 19.5 Å². The summed E-state index contributed by atoms with van der Waals surface area (Å²) in [5, 5.41) is 14.7. The number of hydrogen-bond acceptors (Lipinski definition) is 3. The summed E-state index contributed by atoms with van der Waals surface area (Å²) in [5.74, 6) is -2.06. The molecule has 1 atom stereocenters. The second kappa shape index (κ2) is 10.5. The van der Waals surface area contributed by atoms with Crippen LogP contribution in [-0.4, -0.2) is 22.9 Å². The van der Waals surface area contributed by atoms with Crippen molar-refractivity contribution in [2.75, 3.05) is 0 Å². The summed E-state index contributed by atoms with van der Waals surface area (Å²) in [6.45, 7) is 0. The zero-order valence-electron chi connectivity index (χ0n) is 16.7. The Morgan fingerprint density at radius 2 is 1.35 bits per heavy atom. The molecular weight excluding hydrogens is 392 g/mol. The highest BCUT2D eigenvalue weighted by Gasteiger charge is 2.21. The summed E-state index contributed by atoms with van der Waals surface area (Å²) in [5.41, 5.74) is 1.80. The Labute approximate surface area is 180 Å². The van der Waals surface area contributed by atoms with Gasteiger partial charge in [0.05, 0.1) is 12.5 Å². The Morgan fingerprint density at radius 1 is 0.806 bits per heavy atom. The van der Waals surface area contributed by atoms with E-state index in [-0.39, 0.29) is 12.1 Å². The van der Waals surface area contributed by atoms with E-state index in [1.54, 1.807) is 72.8 Å². The van der Waals surface area contributed by atoms with Crippen LogP contribution >= 0.6 is 0 Å². The molecule has 6 heteroatoms. The number of amides is 2. The van der Waals surface area contributed by atoms with E-state index < -0.39 is 23.8 Å². The predicted molar refractivity (Wildman–Crippen MR) is 118 cm³/mol. The molecule has 3 aromatic rings. The molecule has 6 nitrogen and oxygen atoms in total. The SMILES string of the molecule is O=C(O)CC(NC(=O)/C(=C\c1ccccc1)NC(=O)c1ccccc1)c1ccccc1. The third kappa shape index (κ3) is 6.40. The Morgan fingerprint density at radius 3 is 1.94 bits per heavy atom. The molecule has 0 saturated heterocycles. The van der Waals surface area contributed by atoms with Crippen molar-refractivity contribution in [2.45, 2.75) is 12.5 Å². The van der Waals surface area contributed by atoms with Crippen molar-refractivity contribution in [1.82, 2.24) is 10.6 Å². The summed E-state index contributed by atoms with van der Waals surface area (Å²) in [6.07, 6.45) is 1.26. The van der Waals surface area contributed by atoms with E-state index in [0.717, 1.165) is 5.56 Å². The zero-order chi connectivity index (χ0) is 22.1. The lowest BCUT2D eigenvalue weighted by molar-refractivity contribution is -0.137. The minimum absolute atomic E-state index is 0.0198. The monoisotopic (exact) mass is 414 g/mol. The third-order valence-electron chi connectivity index (χ3n) is 4.53. The van der Waals surface area contributed by atoms with Gasteiger partial charge < -0.3 is 15.7 Å². The van der Waals surface area contributed by atoms with Crippen molar-refractivity contribution in [1.29, 1.82) is 0 Å². The predicted octanol–water partition coefficient (Wildman–Crippen LogP) is 3.79. The molecule has 3 aromatic carbocycles. The van der Waals surface area contributed by atoms with Crippen LogP contribution < -0.4 is 10.6 Å². The fourth-order valence-corrected chi connectivity index (χ4v) is 3.01. The normalized spacial score (nSPS) is 11.9. The van der Waals surface area contributed by atoms with E-state index >= 15 is 0 Å². The average Bonchev–Trinajstić information content (AvgIpc) is 2.79. The second-order valence-electron chi connectivity index (χ2n) is 6.82. The summed E-state index contributed by atoms with van der Waals surface area (Å²) in [7, 11) is 0. The quantitative estimate of drug-likeness (QED) is 0.489. The Balaban J connectivity index is 1.88.